The Balaban J connectivity index is 1.29. The van der Waals surface area contributed by atoms with E-state index in [0.29, 0.717) is 0 Å². The molecule has 0 amide bonds. The fourth-order valence-corrected chi connectivity index (χ4v) is 5.61. The van der Waals surface area contributed by atoms with E-state index >= 15 is 0 Å². The minimum Gasteiger partial charge on any atom is -0.494 e. The van der Waals surface area contributed by atoms with Gasteiger partial charge in [-0.3, -0.25) is 0 Å². The molecule has 3 rings (SSSR count). The lowest BCUT2D eigenvalue weighted by Crippen LogP contribution is -2.17. The van der Waals surface area contributed by atoms with Gasteiger partial charge in [-0.15, -0.1) is 0 Å². The number of benzene rings is 1. The number of hydrogen-bond donors (Lipinski definition) is 0. The van der Waals surface area contributed by atoms with E-state index in [4.69, 9.17) is 4.74 Å². The molecule has 1 aromatic carbocycles. The van der Waals surface area contributed by atoms with Gasteiger partial charge in [0.15, 0.2) is 0 Å². The summed E-state index contributed by atoms with van der Waals surface area (Å²) in [6, 6.07) is 8.13. The number of unbranched alkanes of at least 4 members (excludes halogenated alkanes) is 1. The first kappa shape index (κ1) is 25.0. The molecule has 2 aliphatic rings. The Morgan fingerprint density at radius 2 is 1.38 bits per heavy atom. The Morgan fingerprint density at radius 3 is 1.97 bits per heavy atom. The highest BCUT2D eigenvalue weighted by atomic mass is 16.5. The van der Waals surface area contributed by atoms with Crippen molar-refractivity contribution in [2.75, 3.05) is 6.61 Å². The summed E-state index contributed by atoms with van der Waals surface area (Å²) in [6.45, 7) is 5.23. The van der Waals surface area contributed by atoms with Gasteiger partial charge in [0.25, 0.3) is 0 Å². The summed E-state index contributed by atoms with van der Waals surface area (Å²) in [5.41, 5.74) is 1.06. The maximum Gasteiger partial charge on any atom is 0.119 e. The molecule has 1 aromatic rings. The molecule has 0 heterocycles. The summed E-state index contributed by atoms with van der Waals surface area (Å²) in [5, 5.41) is 0. The molecular formula is C31H46O. The highest BCUT2D eigenvalue weighted by Gasteiger charge is 2.23. The SMILES string of the molecule is CCCC[C@H]1CC[C@H](CCC2CCC(/C=C/C#Cc3ccc(OCCC)cc3)CC2)CC1. The van der Waals surface area contributed by atoms with Gasteiger partial charge in [-0.25, -0.2) is 0 Å². The summed E-state index contributed by atoms with van der Waals surface area (Å²) < 4.78 is 5.63. The third kappa shape index (κ3) is 9.05. The van der Waals surface area contributed by atoms with Crippen molar-refractivity contribution >= 4 is 0 Å². The van der Waals surface area contributed by atoms with Crippen LogP contribution in [0.4, 0.5) is 0 Å². The van der Waals surface area contributed by atoms with Crippen LogP contribution < -0.4 is 4.74 Å². The van der Waals surface area contributed by atoms with Gasteiger partial charge >= 0.3 is 0 Å². The van der Waals surface area contributed by atoms with Gasteiger partial charge in [-0.1, -0.05) is 89.6 Å². The Labute approximate surface area is 198 Å². The first-order valence-corrected chi connectivity index (χ1v) is 13.7. The molecule has 1 heteroatoms. The zero-order valence-electron chi connectivity index (χ0n) is 20.8. The maximum atomic E-state index is 5.63. The van der Waals surface area contributed by atoms with Crippen LogP contribution in [-0.2, 0) is 0 Å². The smallest absolute Gasteiger partial charge is 0.119 e. The average molecular weight is 435 g/mol. The van der Waals surface area contributed by atoms with Crippen molar-refractivity contribution in [2.45, 2.75) is 104 Å². The van der Waals surface area contributed by atoms with E-state index in [2.05, 4.69) is 50.0 Å². The molecule has 176 valence electrons. The molecule has 0 N–H and O–H groups in total. The predicted molar refractivity (Wildman–Crippen MR) is 138 cm³/mol. The zero-order valence-corrected chi connectivity index (χ0v) is 20.8. The lowest BCUT2D eigenvalue weighted by molar-refractivity contribution is 0.220. The van der Waals surface area contributed by atoms with E-state index < -0.39 is 0 Å². The highest BCUT2D eigenvalue weighted by molar-refractivity contribution is 5.40. The number of allylic oxidation sites excluding steroid dienone is 2. The minimum atomic E-state index is 0.736. The van der Waals surface area contributed by atoms with Crippen LogP contribution in [0.25, 0.3) is 0 Å². The quantitative estimate of drug-likeness (QED) is 0.334. The fraction of sp³-hybridized carbons (Fsp3) is 0.677. The van der Waals surface area contributed by atoms with Gasteiger partial charge in [0.2, 0.25) is 0 Å². The second-order valence-corrected chi connectivity index (χ2v) is 10.4. The zero-order chi connectivity index (χ0) is 22.4. The Kier molecular flexibility index (Phi) is 11.3. The summed E-state index contributed by atoms with van der Waals surface area (Å²) in [5.74, 6) is 11.2. The molecule has 1 nitrogen and oxygen atoms in total. The summed E-state index contributed by atoms with van der Waals surface area (Å²) >= 11 is 0. The van der Waals surface area contributed by atoms with Gasteiger partial charge in [-0.05, 0) is 86.1 Å². The third-order valence-corrected chi connectivity index (χ3v) is 7.80. The maximum absolute atomic E-state index is 5.63. The monoisotopic (exact) mass is 434 g/mol. The topological polar surface area (TPSA) is 9.23 Å². The van der Waals surface area contributed by atoms with E-state index in [1.54, 1.807) is 0 Å². The van der Waals surface area contributed by atoms with Crippen LogP contribution in [-0.4, -0.2) is 6.61 Å². The van der Waals surface area contributed by atoms with Crippen molar-refractivity contribution in [1.82, 2.24) is 0 Å². The Morgan fingerprint density at radius 1 is 0.781 bits per heavy atom. The molecule has 0 atom stereocenters. The Hall–Kier alpha value is -1.68. The normalized spacial score (nSPS) is 25.9. The lowest BCUT2D eigenvalue weighted by atomic mass is 9.75. The van der Waals surface area contributed by atoms with E-state index in [-0.39, 0.29) is 0 Å². The van der Waals surface area contributed by atoms with E-state index in [9.17, 15) is 0 Å². The van der Waals surface area contributed by atoms with Crippen molar-refractivity contribution in [2.24, 2.45) is 23.7 Å². The second-order valence-electron chi connectivity index (χ2n) is 10.4. The molecule has 0 saturated heterocycles. The molecule has 0 spiro atoms. The Bertz CT molecular complexity index is 703. The molecule has 2 aliphatic carbocycles. The van der Waals surface area contributed by atoms with Gasteiger partial charge < -0.3 is 4.74 Å². The van der Waals surface area contributed by atoms with Crippen LogP contribution in [0.1, 0.15) is 109 Å². The number of ether oxygens (including phenoxy) is 1. The van der Waals surface area contributed by atoms with Crippen LogP contribution >= 0.6 is 0 Å². The molecule has 32 heavy (non-hydrogen) atoms. The largest absolute Gasteiger partial charge is 0.494 e. The van der Waals surface area contributed by atoms with Crippen LogP contribution in [0.2, 0.25) is 0 Å². The van der Waals surface area contributed by atoms with E-state index in [1.807, 2.05) is 12.1 Å². The van der Waals surface area contributed by atoms with E-state index in [0.717, 1.165) is 48.0 Å². The standard InChI is InChI=1S/C31H46O/c1-3-5-8-26-11-15-29(16-12-26)19-20-30-17-13-27(14-18-30)9-6-7-10-28-21-23-31(24-22-28)32-25-4-2/h6,9,21-24,26-27,29-30H,3-5,8,11-20,25H2,1-2H3/b9-6+/t26-,27?,29-,30?. The van der Waals surface area contributed by atoms with Crippen molar-refractivity contribution in [3.63, 3.8) is 0 Å². The van der Waals surface area contributed by atoms with Crippen molar-refractivity contribution in [3.05, 3.63) is 42.0 Å². The van der Waals surface area contributed by atoms with Crippen LogP contribution in [0, 0.1) is 35.5 Å². The lowest BCUT2D eigenvalue weighted by Gasteiger charge is -2.31. The first-order chi connectivity index (χ1) is 15.8. The van der Waals surface area contributed by atoms with Crippen LogP contribution in [0.3, 0.4) is 0 Å². The highest BCUT2D eigenvalue weighted by Crippen LogP contribution is 2.37. The molecule has 2 saturated carbocycles. The summed E-state index contributed by atoms with van der Waals surface area (Å²) in [4.78, 5) is 0. The number of rotatable bonds is 10. The molecule has 2 fully saturated rings. The van der Waals surface area contributed by atoms with Crippen LogP contribution in [0.5, 0.6) is 5.75 Å². The van der Waals surface area contributed by atoms with Crippen molar-refractivity contribution in [3.8, 4) is 17.6 Å². The number of hydrogen-bond acceptors (Lipinski definition) is 1. The summed E-state index contributed by atoms with van der Waals surface area (Å²) in [7, 11) is 0. The molecule has 0 bridgehead atoms. The van der Waals surface area contributed by atoms with E-state index in [1.165, 1.54) is 83.5 Å². The molecule has 0 aliphatic heterocycles. The molecular weight excluding hydrogens is 388 g/mol. The van der Waals surface area contributed by atoms with Crippen molar-refractivity contribution in [1.29, 1.82) is 0 Å². The van der Waals surface area contributed by atoms with Gasteiger partial charge in [0, 0.05) is 5.56 Å². The van der Waals surface area contributed by atoms with Gasteiger partial charge in [0.1, 0.15) is 5.75 Å². The summed E-state index contributed by atoms with van der Waals surface area (Å²) in [6.07, 6.45) is 24.4. The second kappa shape index (κ2) is 14.5. The predicted octanol–water partition coefficient (Wildman–Crippen LogP) is 8.97. The molecule has 0 radical (unpaired) electrons. The first-order valence-electron chi connectivity index (χ1n) is 13.7. The average Bonchev–Trinajstić information content (AvgIpc) is 2.85. The fourth-order valence-electron chi connectivity index (χ4n) is 5.61. The third-order valence-electron chi connectivity index (χ3n) is 7.80. The molecule has 0 unspecified atom stereocenters. The van der Waals surface area contributed by atoms with Gasteiger partial charge in [0.05, 0.1) is 6.61 Å². The van der Waals surface area contributed by atoms with Gasteiger partial charge in [-0.2, -0.15) is 0 Å². The van der Waals surface area contributed by atoms with Crippen molar-refractivity contribution < 1.29 is 4.74 Å². The van der Waals surface area contributed by atoms with Crippen LogP contribution in [0.15, 0.2) is 36.4 Å². The molecule has 0 aromatic heterocycles. The minimum absolute atomic E-state index is 0.736.